The lowest BCUT2D eigenvalue weighted by Gasteiger charge is -2.25. The molecule has 0 radical (unpaired) electrons. The number of nitrogens with zero attached hydrogens (tertiary/aromatic N) is 1. The van der Waals surface area contributed by atoms with Gasteiger partial charge in [0.2, 0.25) is 0 Å². The Hall–Kier alpha value is -1.46. The van der Waals surface area contributed by atoms with Crippen molar-refractivity contribution in [2.75, 3.05) is 6.54 Å². The number of hydrogen-bond acceptors (Lipinski definition) is 4. The second kappa shape index (κ2) is 6.63. The van der Waals surface area contributed by atoms with Crippen molar-refractivity contribution in [1.29, 1.82) is 0 Å². The van der Waals surface area contributed by atoms with E-state index in [0.29, 0.717) is 31.1 Å². The van der Waals surface area contributed by atoms with E-state index in [1.54, 1.807) is 19.1 Å². The minimum Gasteiger partial charge on any atom is -0.477 e. The third-order valence-corrected chi connectivity index (χ3v) is 2.69. The number of hydrogen-bond donors (Lipinski definition) is 3. The number of aromatic carboxylic acids is 1. The molecule has 1 atom stereocenters. The summed E-state index contributed by atoms with van der Waals surface area (Å²) in [4.78, 5) is 14.8. The van der Waals surface area contributed by atoms with Crippen LogP contribution in [0.5, 0.6) is 0 Å². The second-order valence-electron chi connectivity index (χ2n) is 5.52. The van der Waals surface area contributed by atoms with E-state index in [1.165, 1.54) is 6.07 Å². The molecule has 3 N–H and O–H groups in total. The van der Waals surface area contributed by atoms with Crippen molar-refractivity contribution in [2.24, 2.45) is 5.92 Å². The topological polar surface area (TPSA) is 82.5 Å². The number of aliphatic hydroxyl groups is 1. The lowest BCUT2D eigenvalue weighted by atomic mass is 9.94. The molecule has 0 saturated carbocycles. The number of pyridine rings is 1. The maximum atomic E-state index is 10.8. The van der Waals surface area contributed by atoms with Gasteiger partial charge in [-0.2, -0.15) is 0 Å². The highest BCUT2D eigenvalue weighted by Crippen LogP contribution is 2.15. The van der Waals surface area contributed by atoms with Crippen LogP contribution in [0, 0.1) is 5.92 Å². The van der Waals surface area contributed by atoms with E-state index >= 15 is 0 Å². The van der Waals surface area contributed by atoms with Crippen molar-refractivity contribution in [3.05, 3.63) is 29.6 Å². The molecule has 0 aliphatic carbocycles. The van der Waals surface area contributed by atoms with E-state index in [0.717, 1.165) is 0 Å². The Balaban J connectivity index is 2.49. The first-order chi connectivity index (χ1) is 8.80. The Labute approximate surface area is 113 Å². The fourth-order valence-electron chi connectivity index (χ4n) is 2.11. The van der Waals surface area contributed by atoms with E-state index < -0.39 is 11.6 Å². The van der Waals surface area contributed by atoms with E-state index in [4.69, 9.17) is 5.11 Å². The van der Waals surface area contributed by atoms with Gasteiger partial charge in [0.05, 0.1) is 11.3 Å². The number of carboxylic acid groups (broad SMARTS) is 1. The summed E-state index contributed by atoms with van der Waals surface area (Å²) in [6.45, 7) is 6.80. The van der Waals surface area contributed by atoms with Gasteiger partial charge in [-0.05, 0) is 31.4 Å². The molecule has 0 aliphatic rings. The summed E-state index contributed by atoms with van der Waals surface area (Å²) in [6.07, 6.45) is 0.711. The predicted molar refractivity (Wildman–Crippen MR) is 73.0 cm³/mol. The van der Waals surface area contributed by atoms with Crippen LogP contribution in [0.25, 0.3) is 0 Å². The minimum absolute atomic E-state index is 0.0354. The van der Waals surface area contributed by atoms with Crippen molar-refractivity contribution in [2.45, 2.75) is 39.3 Å². The summed E-state index contributed by atoms with van der Waals surface area (Å²) >= 11 is 0. The maximum absolute atomic E-state index is 10.8. The van der Waals surface area contributed by atoms with E-state index in [-0.39, 0.29) is 5.69 Å². The van der Waals surface area contributed by atoms with Gasteiger partial charge in [0.15, 0.2) is 0 Å². The number of nitrogens with one attached hydrogen (secondary N) is 1. The summed E-state index contributed by atoms with van der Waals surface area (Å²) in [6, 6.07) is 4.89. The molecule has 5 heteroatoms. The molecule has 5 nitrogen and oxygen atoms in total. The molecule has 0 aromatic carbocycles. The lowest BCUT2D eigenvalue weighted by molar-refractivity contribution is 0.0382. The summed E-state index contributed by atoms with van der Waals surface area (Å²) < 4.78 is 0. The molecule has 0 amide bonds. The summed E-state index contributed by atoms with van der Waals surface area (Å²) in [5.74, 6) is -0.612. The normalized spacial score (nSPS) is 14.4. The summed E-state index contributed by atoms with van der Waals surface area (Å²) in [5, 5.41) is 22.1. The molecular weight excluding hydrogens is 244 g/mol. The first-order valence-corrected chi connectivity index (χ1v) is 6.42. The molecule has 0 bridgehead atoms. The number of carboxylic acids is 1. The van der Waals surface area contributed by atoms with Gasteiger partial charge in [-0.25, -0.2) is 9.78 Å². The number of carbonyl (C=O) groups is 1. The van der Waals surface area contributed by atoms with Gasteiger partial charge in [-0.1, -0.05) is 19.9 Å². The molecule has 0 saturated heterocycles. The van der Waals surface area contributed by atoms with E-state index in [2.05, 4.69) is 24.1 Å². The molecule has 1 rings (SSSR count). The number of rotatable bonds is 7. The zero-order valence-corrected chi connectivity index (χ0v) is 11.7. The molecular formula is C14H22N2O3. The van der Waals surface area contributed by atoms with Crippen molar-refractivity contribution in [3.8, 4) is 0 Å². The largest absolute Gasteiger partial charge is 0.477 e. The van der Waals surface area contributed by atoms with Crippen molar-refractivity contribution in [3.63, 3.8) is 0 Å². The van der Waals surface area contributed by atoms with Gasteiger partial charge >= 0.3 is 5.97 Å². The van der Waals surface area contributed by atoms with Crippen LogP contribution in [0.3, 0.4) is 0 Å². The Kier molecular flexibility index (Phi) is 5.44. The highest BCUT2D eigenvalue weighted by molar-refractivity contribution is 5.85. The average molecular weight is 266 g/mol. The SMILES string of the molecule is CC(C)CC(C)(O)CNCc1cccc(C(=O)O)n1. The van der Waals surface area contributed by atoms with Crippen LogP contribution >= 0.6 is 0 Å². The third kappa shape index (κ3) is 5.81. The highest BCUT2D eigenvalue weighted by Gasteiger charge is 2.21. The second-order valence-corrected chi connectivity index (χ2v) is 5.52. The smallest absolute Gasteiger partial charge is 0.354 e. The Bertz CT molecular complexity index is 430. The first-order valence-electron chi connectivity index (χ1n) is 6.42. The maximum Gasteiger partial charge on any atom is 0.354 e. The fourth-order valence-corrected chi connectivity index (χ4v) is 2.11. The van der Waals surface area contributed by atoms with Crippen LogP contribution in [0.1, 0.15) is 43.4 Å². The molecule has 1 aromatic rings. The molecule has 19 heavy (non-hydrogen) atoms. The van der Waals surface area contributed by atoms with Crippen LogP contribution in [-0.2, 0) is 6.54 Å². The third-order valence-electron chi connectivity index (χ3n) is 2.69. The lowest BCUT2D eigenvalue weighted by Crippen LogP contribution is -2.38. The Morgan fingerprint density at radius 1 is 1.47 bits per heavy atom. The Morgan fingerprint density at radius 2 is 2.16 bits per heavy atom. The molecule has 106 valence electrons. The van der Waals surface area contributed by atoms with Gasteiger partial charge in [0.1, 0.15) is 5.69 Å². The molecule has 0 aliphatic heterocycles. The zero-order chi connectivity index (χ0) is 14.5. The molecule has 1 heterocycles. The van der Waals surface area contributed by atoms with Gasteiger partial charge in [0.25, 0.3) is 0 Å². The standard InChI is InChI=1S/C14H22N2O3/c1-10(2)7-14(3,19)9-15-8-11-5-4-6-12(16-11)13(17)18/h4-6,10,15,19H,7-9H2,1-3H3,(H,17,18). The molecule has 1 unspecified atom stereocenters. The predicted octanol–water partition coefficient (Wildman–Crippen LogP) is 1.67. The first kappa shape index (κ1) is 15.6. The van der Waals surface area contributed by atoms with Crippen molar-refractivity contribution >= 4 is 5.97 Å². The van der Waals surface area contributed by atoms with E-state index in [1.807, 2.05) is 0 Å². The van der Waals surface area contributed by atoms with Crippen LogP contribution in [-0.4, -0.2) is 33.3 Å². The molecule has 0 spiro atoms. The minimum atomic E-state index is -1.03. The number of aromatic nitrogens is 1. The van der Waals surface area contributed by atoms with Gasteiger partial charge < -0.3 is 15.5 Å². The van der Waals surface area contributed by atoms with Crippen molar-refractivity contribution < 1.29 is 15.0 Å². The van der Waals surface area contributed by atoms with Crippen LogP contribution < -0.4 is 5.32 Å². The summed E-state index contributed by atoms with van der Waals surface area (Å²) in [5.41, 5.74) is -0.0769. The van der Waals surface area contributed by atoms with Crippen LogP contribution in [0.2, 0.25) is 0 Å². The van der Waals surface area contributed by atoms with Gasteiger partial charge in [0, 0.05) is 13.1 Å². The Morgan fingerprint density at radius 3 is 2.74 bits per heavy atom. The molecule has 0 fully saturated rings. The van der Waals surface area contributed by atoms with Crippen molar-refractivity contribution in [1.82, 2.24) is 10.3 Å². The average Bonchev–Trinajstić information content (AvgIpc) is 2.27. The zero-order valence-electron chi connectivity index (χ0n) is 11.7. The van der Waals surface area contributed by atoms with Gasteiger partial charge in [-0.3, -0.25) is 0 Å². The van der Waals surface area contributed by atoms with Crippen LogP contribution in [0.4, 0.5) is 0 Å². The summed E-state index contributed by atoms with van der Waals surface area (Å²) in [7, 11) is 0. The highest BCUT2D eigenvalue weighted by atomic mass is 16.4. The van der Waals surface area contributed by atoms with Crippen LogP contribution in [0.15, 0.2) is 18.2 Å². The molecule has 1 aromatic heterocycles. The monoisotopic (exact) mass is 266 g/mol. The van der Waals surface area contributed by atoms with E-state index in [9.17, 15) is 9.90 Å². The van der Waals surface area contributed by atoms with Gasteiger partial charge in [-0.15, -0.1) is 0 Å². The fraction of sp³-hybridized carbons (Fsp3) is 0.571. The quantitative estimate of drug-likeness (QED) is 0.699.